The molecule has 0 spiro atoms. The van der Waals surface area contributed by atoms with Crippen LogP contribution in [0.15, 0.2) is 11.6 Å². The van der Waals surface area contributed by atoms with Gasteiger partial charge in [0.15, 0.2) is 0 Å². The Kier molecular flexibility index (Phi) is 3.38. The molecule has 0 saturated heterocycles. The fourth-order valence-electron chi connectivity index (χ4n) is 6.99. The molecule has 0 radical (unpaired) electrons. The molecular weight excluding hydrogens is 288 g/mol. The highest BCUT2D eigenvalue weighted by atomic mass is 16.3. The molecule has 4 rings (SSSR count). The van der Waals surface area contributed by atoms with Crippen molar-refractivity contribution in [1.82, 2.24) is 0 Å². The van der Waals surface area contributed by atoms with Crippen molar-refractivity contribution in [2.24, 2.45) is 28.6 Å². The van der Waals surface area contributed by atoms with Crippen molar-refractivity contribution >= 4 is 0 Å². The zero-order valence-corrected chi connectivity index (χ0v) is 14.8. The van der Waals surface area contributed by atoms with Crippen molar-refractivity contribution in [2.45, 2.75) is 83.5 Å². The Hall–Kier alpha value is -0.380. The van der Waals surface area contributed by atoms with Crippen molar-refractivity contribution in [3.05, 3.63) is 11.6 Å². The molecule has 3 heteroatoms. The molecular formula is C20H32O3. The Morgan fingerprint density at radius 3 is 2.57 bits per heavy atom. The minimum absolute atomic E-state index is 0.0390. The Balaban J connectivity index is 1.74. The number of aliphatic hydroxyl groups excluding tert-OH is 2. The van der Waals surface area contributed by atoms with E-state index in [-0.39, 0.29) is 23.0 Å². The van der Waals surface area contributed by atoms with Crippen LogP contribution < -0.4 is 0 Å². The van der Waals surface area contributed by atoms with Crippen molar-refractivity contribution in [1.29, 1.82) is 0 Å². The topological polar surface area (TPSA) is 60.7 Å². The third-order valence-electron chi connectivity index (χ3n) is 8.57. The van der Waals surface area contributed by atoms with Crippen molar-refractivity contribution in [3.63, 3.8) is 0 Å². The minimum Gasteiger partial charge on any atom is -0.393 e. The first-order chi connectivity index (χ1) is 10.7. The third kappa shape index (κ3) is 1.99. The second kappa shape index (κ2) is 4.83. The average molecular weight is 320 g/mol. The molecule has 3 nitrogen and oxygen atoms in total. The highest BCUT2D eigenvalue weighted by Crippen LogP contribution is 2.66. The number of hydrogen-bond acceptors (Lipinski definition) is 3. The molecule has 23 heavy (non-hydrogen) atoms. The van der Waals surface area contributed by atoms with Gasteiger partial charge in [0.25, 0.3) is 0 Å². The summed E-state index contributed by atoms with van der Waals surface area (Å²) in [6.07, 6.45) is 8.11. The second-order valence-corrected chi connectivity index (χ2v) is 9.58. The van der Waals surface area contributed by atoms with Gasteiger partial charge in [-0.2, -0.15) is 0 Å². The molecule has 0 aromatic carbocycles. The van der Waals surface area contributed by atoms with Crippen LogP contribution in [-0.2, 0) is 0 Å². The summed E-state index contributed by atoms with van der Waals surface area (Å²) < 4.78 is 0. The van der Waals surface area contributed by atoms with E-state index >= 15 is 0 Å². The second-order valence-electron chi connectivity index (χ2n) is 9.58. The van der Waals surface area contributed by atoms with Crippen LogP contribution in [-0.4, -0.2) is 33.1 Å². The lowest BCUT2D eigenvalue weighted by molar-refractivity contribution is -0.162. The van der Waals surface area contributed by atoms with Gasteiger partial charge >= 0.3 is 0 Å². The number of fused-ring (bicyclic) bond motifs is 5. The SMILES string of the molecule is C[C@]12CC[C@H](O)CC1=CC[C@@H]1C2[C@@H](O)C[C@@]2(C)[C@H]1CC[C@]2(C)O. The maximum atomic E-state index is 11.1. The number of rotatable bonds is 0. The third-order valence-corrected chi connectivity index (χ3v) is 8.57. The van der Waals surface area contributed by atoms with E-state index < -0.39 is 5.60 Å². The van der Waals surface area contributed by atoms with E-state index in [9.17, 15) is 15.3 Å². The van der Waals surface area contributed by atoms with Crippen LogP contribution in [0.2, 0.25) is 0 Å². The maximum Gasteiger partial charge on any atom is 0.0676 e. The fourth-order valence-corrected chi connectivity index (χ4v) is 6.99. The summed E-state index contributed by atoms with van der Waals surface area (Å²) in [5.41, 5.74) is 0.600. The van der Waals surface area contributed by atoms with Crippen molar-refractivity contribution < 1.29 is 15.3 Å². The fraction of sp³-hybridized carbons (Fsp3) is 0.900. The van der Waals surface area contributed by atoms with E-state index in [1.165, 1.54) is 5.57 Å². The van der Waals surface area contributed by atoms with Crippen LogP contribution in [0.4, 0.5) is 0 Å². The lowest BCUT2D eigenvalue weighted by Crippen LogP contribution is -2.59. The van der Waals surface area contributed by atoms with E-state index in [0.717, 1.165) is 44.9 Å². The van der Waals surface area contributed by atoms with Gasteiger partial charge in [-0.25, -0.2) is 0 Å². The van der Waals surface area contributed by atoms with E-state index in [1.54, 1.807) is 0 Å². The molecule has 4 aliphatic carbocycles. The summed E-state index contributed by atoms with van der Waals surface area (Å²) in [6.45, 7) is 6.50. The lowest BCUT2D eigenvalue weighted by Gasteiger charge is -2.60. The van der Waals surface area contributed by atoms with Gasteiger partial charge in [-0.1, -0.05) is 25.5 Å². The molecule has 0 aromatic rings. The molecule has 8 atom stereocenters. The molecule has 3 saturated carbocycles. The van der Waals surface area contributed by atoms with Crippen molar-refractivity contribution in [3.8, 4) is 0 Å². The van der Waals surface area contributed by atoms with E-state index in [0.29, 0.717) is 17.8 Å². The molecule has 0 aliphatic heterocycles. The zero-order valence-electron chi connectivity index (χ0n) is 14.8. The monoisotopic (exact) mass is 320 g/mol. The largest absolute Gasteiger partial charge is 0.393 e. The predicted molar refractivity (Wildman–Crippen MR) is 89.7 cm³/mol. The van der Waals surface area contributed by atoms with Crippen LogP contribution >= 0.6 is 0 Å². The molecule has 130 valence electrons. The van der Waals surface area contributed by atoms with Gasteiger partial charge < -0.3 is 15.3 Å². The molecule has 0 aromatic heterocycles. The molecule has 0 bridgehead atoms. The summed E-state index contributed by atoms with van der Waals surface area (Å²) >= 11 is 0. The Morgan fingerprint density at radius 1 is 1.09 bits per heavy atom. The van der Waals surface area contributed by atoms with Gasteiger partial charge in [0.05, 0.1) is 17.8 Å². The maximum absolute atomic E-state index is 11.1. The highest BCUT2D eigenvalue weighted by molar-refractivity contribution is 5.27. The van der Waals surface area contributed by atoms with Gasteiger partial charge in [0, 0.05) is 5.41 Å². The van der Waals surface area contributed by atoms with Crippen molar-refractivity contribution in [2.75, 3.05) is 0 Å². The molecule has 0 amide bonds. The average Bonchev–Trinajstić information content (AvgIpc) is 2.69. The van der Waals surface area contributed by atoms with Crippen LogP contribution in [0.1, 0.15) is 65.7 Å². The Bertz CT molecular complexity index is 539. The number of hydrogen-bond donors (Lipinski definition) is 3. The minimum atomic E-state index is -0.655. The quantitative estimate of drug-likeness (QED) is 0.601. The summed E-state index contributed by atoms with van der Waals surface area (Å²) in [5.74, 6) is 1.27. The first-order valence-corrected chi connectivity index (χ1v) is 9.47. The summed E-state index contributed by atoms with van der Waals surface area (Å²) in [7, 11) is 0. The van der Waals surface area contributed by atoms with Gasteiger partial charge in [-0.15, -0.1) is 0 Å². The molecule has 0 heterocycles. The zero-order chi connectivity index (χ0) is 16.6. The van der Waals surface area contributed by atoms with Gasteiger partial charge in [0.1, 0.15) is 0 Å². The van der Waals surface area contributed by atoms with E-state index in [2.05, 4.69) is 19.9 Å². The molecule has 3 fully saturated rings. The highest BCUT2D eigenvalue weighted by Gasteiger charge is 2.64. The Morgan fingerprint density at radius 2 is 1.83 bits per heavy atom. The summed E-state index contributed by atoms with van der Waals surface area (Å²) in [4.78, 5) is 0. The lowest BCUT2D eigenvalue weighted by atomic mass is 9.46. The first-order valence-electron chi connectivity index (χ1n) is 9.47. The van der Waals surface area contributed by atoms with Crippen LogP contribution in [0.25, 0.3) is 0 Å². The van der Waals surface area contributed by atoms with E-state index in [4.69, 9.17) is 0 Å². The van der Waals surface area contributed by atoms with Crippen LogP contribution in [0.5, 0.6) is 0 Å². The van der Waals surface area contributed by atoms with Gasteiger partial charge in [0.2, 0.25) is 0 Å². The van der Waals surface area contributed by atoms with Gasteiger partial charge in [-0.3, -0.25) is 0 Å². The predicted octanol–water partition coefficient (Wildman–Crippen LogP) is 3.03. The van der Waals surface area contributed by atoms with Gasteiger partial charge in [-0.05, 0) is 75.0 Å². The molecule has 4 aliphatic rings. The summed E-state index contributed by atoms with van der Waals surface area (Å²) in [6, 6.07) is 0. The Labute approximate surface area is 139 Å². The smallest absolute Gasteiger partial charge is 0.0676 e. The number of aliphatic hydroxyl groups is 3. The first kappa shape index (κ1) is 16.1. The van der Waals surface area contributed by atoms with Crippen LogP contribution in [0, 0.1) is 28.6 Å². The normalized spacial score (nSPS) is 58.9. The number of allylic oxidation sites excluding steroid dienone is 1. The van der Waals surface area contributed by atoms with Crippen LogP contribution in [0.3, 0.4) is 0 Å². The standard InChI is InChI=1S/C20H32O3/c1-18-8-6-13(21)10-12(18)4-5-14-15-7-9-20(3,23)19(15,2)11-16(22)17(14)18/h4,13-17,21-23H,5-11H2,1-3H3/t13-,14-,15-,16-,17?,18-,19-,20-/m0/s1. The molecule has 3 N–H and O–H groups in total. The summed E-state index contributed by atoms with van der Waals surface area (Å²) in [5, 5.41) is 32.1. The molecule has 1 unspecified atom stereocenters. The van der Waals surface area contributed by atoms with E-state index in [1.807, 2.05) is 6.92 Å².